The molecule has 112 valence electrons. The van der Waals surface area contributed by atoms with Crippen molar-refractivity contribution in [2.45, 2.75) is 24.7 Å². The van der Waals surface area contributed by atoms with E-state index in [0.717, 1.165) is 26.1 Å². The Morgan fingerprint density at radius 2 is 1.90 bits per heavy atom. The third-order valence-electron chi connectivity index (χ3n) is 4.35. The monoisotopic (exact) mass is 298 g/mol. The Morgan fingerprint density at radius 1 is 1.15 bits per heavy atom. The molecule has 0 bridgehead atoms. The van der Waals surface area contributed by atoms with Crippen molar-refractivity contribution in [2.75, 3.05) is 37.6 Å². The second-order valence-corrected chi connectivity index (χ2v) is 6.71. The largest absolute Gasteiger partial charge is 0.389 e. The zero-order chi connectivity index (χ0) is 14.1. The highest BCUT2D eigenvalue weighted by atomic mass is 32.1. The highest BCUT2D eigenvalue weighted by molar-refractivity contribution is 7.08. The number of piperidine rings is 1. The Bertz CT molecular complexity index is 416. The highest BCUT2D eigenvalue weighted by Crippen LogP contribution is 2.26. The van der Waals surface area contributed by atoms with Crippen molar-refractivity contribution >= 4 is 17.0 Å². The lowest BCUT2D eigenvalue weighted by molar-refractivity contribution is -0.111. The van der Waals surface area contributed by atoms with Gasteiger partial charge in [0.1, 0.15) is 6.10 Å². The number of anilines is 1. The molecule has 2 aliphatic heterocycles. The number of thiophene rings is 1. The quantitative estimate of drug-likeness (QED) is 0.731. The summed E-state index contributed by atoms with van der Waals surface area (Å²) < 4.78 is 0. The van der Waals surface area contributed by atoms with Crippen LogP contribution in [0.2, 0.25) is 0 Å². The SMILES string of the molecule is OC1[C@H](O)CN(C[C@H]2CCN(c3ccsc3)C2)C[C@@H]1O. The molecule has 0 aliphatic carbocycles. The van der Waals surface area contributed by atoms with Crippen LogP contribution in [0.4, 0.5) is 5.69 Å². The third-order valence-corrected chi connectivity index (χ3v) is 5.02. The average molecular weight is 298 g/mol. The lowest BCUT2D eigenvalue weighted by Gasteiger charge is -2.38. The van der Waals surface area contributed by atoms with Gasteiger partial charge in [0, 0.05) is 43.8 Å². The molecule has 2 saturated heterocycles. The Kier molecular flexibility index (Phi) is 4.28. The zero-order valence-corrected chi connectivity index (χ0v) is 12.2. The maximum atomic E-state index is 9.73. The molecule has 5 nitrogen and oxygen atoms in total. The molecule has 0 spiro atoms. The van der Waals surface area contributed by atoms with E-state index in [4.69, 9.17) is 0 Å². The standard InChI is InChI=1S/C14H22N2O3S/c17-12-7-15(8-13(18)14(12)19)5-10-1-3-16(6-10)11-2-4-20-9-11/h2,4,9-10,12-14,17-19H,1,3,5-8H2/t10-,12-,13+,14?/m1/s1. The summed E-state index contributed by atoms with van der Waals surface area (Å²) >= 11 is 1.72. The van der Waals surface area contributed by atoms with Gasteiger partial charge in [-0.15, -0.1) is 0 Å². The first kappa shape index (κ1) is 14.3. The van der Waals surface area contributed by atoms with E-state index in [-0.39, 0.29) is 0 Å². The first-order chi connectivity index (χ1) is 9.63. The number of β-amino-alcohol motifs (C(OH)–C–C–N with tert-alkyl or cyclic N) is 2. The highest BCUT2D eigenvalue weighted by Gasteiger charge is 2.35. The fraction of sp³-hybridized carbons (Fsp3) is 0.714. The third kappa shape index (κ3) is 2.99. The molecule has 0 saturated carbocycles. The van der Waals surface area contributed by atoms with Crippen LogP contribution in [0.15, 0.2) is 16.8 Å². The maximum Gasteiger partial charge on any atom is 0.108 e. The lowest BCUT2D eigenvalue weighted by Crippen LogP contribution is -2.56. The minimum absolute atomic E-state index is 0.452. The van der Waals surface area contributed by atoms with E-state index in [2.05, 4.69) is 26.6 Å². The molecule has 3 N–H and O–H groups in total. The van der Waals surface area contributed by atoms with Gasteiger partial charge in [-0.3, -0.25) is 4.90 Å². The normalized spacial score (nSPS) is 35.6. The van der Waals surface area contributed by atoms with Crippen molar-refractivity contribution in [3.63, 3.8) is 0 Å². The smallest absolute Gasteiger partial charge is 0.108 e. The van der Waals surface area contributed by atoms with Gasteiger partial charge < -0.3 is 20.2 Å². The van der Waals surface area contributed by atoms with Gasteiger partial charge in [0.05, 0.1) is 12.2 Å². The molecule has 2 fully saturated rings. The number of nitrogens with zero attached hydrogens (tertiary/aromatic N) is 2. The lowest BCUT2D eigenvalue weighted by atomic mass is 10.00. The van der Waals surface area contributed by atoms with Crippen LogP contribution in [-0.2, 0) is 0 Å². The number of aliphatic hydroxyl groups excluding tert-OH is 3. The molecule has 20 heavy (non-hydrogen) atoms. The van der Waals surface area contributed by atoms with Crippen molar-refractivity contribution in [3.05, 3.63) is 16.8 Å². The summed E-state index contributed by atoms with van der Waals surface area (Å²) in [4.78, 5) is 4.47. The number of rotatable bonds is 3. The van der Waals surface area contributed by atoms with Crippen LogP contribution in [-0.4, -0.2) is 71.3 Å². The Hall–Kier alpha value is -0.660. The summed E-state index contributed by atoms with van der Waals surface area (Å²) in [6.07, 6.45) is -1.54. The molecule has 3 heterocycles. The summed E-state index contributed by atoms with van der Waals surface area (Å²) in [5.41, 5.74) is 1.30. The molecule has 0 amide bonds. The van der Waals surface area contributed by atoms with Gasteiger partial charge in [-0.05, 0) is 23.8 Å². The molecule has 3 rings (SSSR count). The number of likely N-dealkylation sites (tertiary alicyclic amines) is 1. The first-order valence-electron chi connectivity index (χ1n) is 7.17. The van der Waals surface area contributed by atoms with Gasteiger partial charge in [-0.25, -0.2) is 0 Å². The van der Waals surface area contributed by atoms with Gasteiger partial charge in [-0.1, -0.05) is 0 Å². The van der Waals surface area contributed by atoms with E-state index in [1.54, 1.807) is 11.3 Å². The van der Waals surface area contributed by atoms with Crippen molar-refractivity contribution in [1.82, 2.24) is 4.90 Å². The van der Waals surface area contributed by atoms with Crippen LogP contribution in [0.1, 0.15) is 6.42 Å². The summed E-state index contributed by atoms with van der Waals surface area (Å²) in [6.45, 7) is 3.88. The molecular weight excluding hydrogens is 276 g/mol. The van der Waals surface area contributed by atoms with Crippen LogP contribution in [0, 0.1) is 5.92 Å². The average Bonchev–Trinajstić information content (AvgIpc) is 3.05. The second-order valence-electron chi connectivity index (χ2n) is 5.93. The van der Waals surface area contributed by atoms with E-state index in [1.165, 1.54) is 5.69 Å². The Morgan fingerprint density at radius 3 is 2.55 bits per heavy atom. The fourth-order valence-corrected chi connectivity index (χ4v) is 3.91. The number of hydrogen-bond donors (Lipinski definition) is 3. The minimum Gasteiger partial charge on any atom is -0.389 e. The predicted molar refractivity (Wildman–Crippen MR) is 79.1 cm³/mol. The predicted octanol–water partition coefficient (Wildman–Crippen LogP) is -0.0273. The van der Waals surface area contributed by atoms with E-state index < -0.39 is 18.3 Å². The topological polar surface area (TPSA) is 67.2 Å². The number of hydrogen-bond acceptors (Lipinski definition) is 6. The van der Waals surface area contributed by atoms with Crippen LogP contribution in [0.3, 0.4) is 0 Å². The van der Waals surface area contributed by atoms with E-state index >= 15 is 0 Å². The Balaban J connectivity index is 1.52. The molecule has 1 aromatic heterocycles. The molecule has 1 unspecified atom stereocenters. The Labute approximate surface area is 123 Å². The van der Waals surface area contributed by atoms with Gasteiger partial charge >= 0.3 is 0 Å². The molecule has 6 heteroatoms. The van der Waals surface area contributed by atoms with E-state index in [1.807, 2.05) is 0 Å². The summed E-state index contributed by atoms with van der Waals surface area (Å²) in [5.74, 6) is 0.560. The first-order valence-corrected chi connectivity index (χ1v) is 8.11. The maximum absolute atomic E-state index is 9.73. The van der Waals surface area contributed by atoms with E-state index in [9.17, 15) is 15.3 Å². The molecule has 0 radical (unpaired) electrons. The zero-order valence-electron chi connectivity index (χ0n) is 11.4. The van der Waals surface area contributed by atoms with Gasteiger partial charge in [0.25, 0.3) is 0 Å². The molecule has 0 aromatic carbocycles. The molecule has 4 atom stereocenters. The van der Waals surface area contributed by atoms with E-state index in [0.29, 0.717) is 19.0 Å². The van der Waals surface area contributed by atoms with Crippen molar-refractivity contribution in [2.24, 2.45) is 5.92 Å². The van der Waals surface area contributed by atoms with Crippen LogP contribution < -0.4 is 4.90 Å². The molecule has 2 aliphatic rings. The van der Waals surface area contributed by atoms with Gasteiger partial charge in [0.15, 0.2) is 0 Å². The summed E-state index contributed by atoms with van der Waals surface area (Å²) in [5, 5.41) is 33.3. The van der Waals surface area contributed by atoms with Crippen molar-refractivity contribution in [1.29, 1.82) is 0 Å². The van der Waals surface area contributed by atoms with Crippen molar-refractivity contribution < 1.29 is 15.3 Å². The van der Waals surface area contributed by atoms with Crippen LogP contribution in [0.5, 0.6) is 0 Å². The van der Waals surface area contributed by atoms with Crippen LogP contribution in [0.25, 0.3) is 0 Å². The van der Waals surface area contributed by atoms with Crippen molar-refractivity contribution in [3.8, 4) is 0 Å². The van der Waals surface area contributed by atoms with Gasteiger partial charge in [0.2, 0.25) is 0 Å². The molecular formula is C14H22N2O3S. The molecule has 1 aromatic rings. The minimum atomic E-state index is -1.00. The number of aliphatic hydroxyl groups is 3. The summed E-state index contributed by atoms with van der Waals surface area (Å²) in [6, 6.07) is 2.15. The fourth-order valence-electron chi connectivity index (χ4n) is 3.24. The summed E-state index contributed by atoms with van der Waals surface area (Å²) in [7, 11) is 0. The van der Waals surface area contributed by atoms with Gasteiger partial charge in [-0.2, -0.15) is 11.3 Å². The van der Waals surface area contributed by atoms with Crippen LogP contribution >= 0.6 is 11.3 Å². The second kappa shape index (κ2) is 5.99.